The summed E-state index contributed by atoms with van der Waals surface area (Å²) in [5.74, 6) is -0.814. The van der Waals surface area contributed by atoms with Gasteiger partial charge in [-0.1, -0.05) is 54.6 Å². The molecule has 0 aromatic heterocycles. The number of carbonyl (C=O) groups is 2. The predicted octanol–water partition coefficient (Wildman–Crippen LogP) is 2.91. The lowest BCUT2D eigenvalue weighted by Crippen LogP contribution is -2.43. The summed E-state index contributed by atoms with van der Waals surface area (Å²) in [7, 11) is 0. The van der Waals surface area contributed by atoms with E-state index in [0.29, 0.717) is 6.42 Å². The average molecular weight is 279 g/mol. The molecule has 1 saturated heterocycles. The summed E-state index contributed by atoms with van der Waals surface area (Å²) in [4.78, 5) is 24.2. The van der Waals surface area contributed by atoms with Crippen molar-refractivity contribution in [2.45, 2.75) is 25.2 Å². The summed E-state index contributed by atoms with van der Waals surface area (Å²) >= 11 is 0. The van der Waals surface area contributed by atoms with Gasteiger partial charge in [0.05, 0.1) is 5.92 Å². The Hall–Kier alpha value is -2.42. The fourth-order valence-corrected chi connectivity index (χ4v) is 3.10. The Balaban J connectivity index is 2.08. The zero-order valence-corrected chi connectivity index (χ0v) is 11.9. The highest BCUT2D eigenvalue weighted by atomic mass is 16.2. The molecule has 3 nitrogen and oxygen atoms in total. The first-order chi connectivity index (χ1) is 10.2. The SMILES string of the molecule is Cc1ccccc1C1CC(=O)NC(=O)C1c1ccccc1. The van der Waals surface area contributed by atoms with Crippen molar-refractivity contribution in [2.75, 3.05) is 0 Å². The minimum Gasteiger partial charge on any atom is -0.296 e. The number of amides is 2. The molecular weight excluding hydrogens is 262 g/mol. The first-order valence-electron chi connectivity index (χ1n) is 7.11. The standard InChI is InChI=1S/C18H17NO2/c1-12-7-5-6-10-14(12)15-11-16(20)19-18(21)17(15)13-8-3-2-4-9-13/h2-10,15,17H,11H2,1H3,(H,19,20,21). The molecule has 2 aromatic carbocycles. The molecule has 1 aliphatic rings. The molecule has 0 aliphatic carbocycles. The van der Waals surface area contributed by atoms with Gasteiger partial charge < -0.3 is 0 Å². The highest BCUT2D eigenvalue weighted by Crippen LogP contribution is 2.39. The molecule has 2 aromatic rings. The fraction of sp³-hybridized carbons (Fsp3) is 0.222. The van der Waals surface area contributed by atoms with Crippen LogP contribution in [0, 0.1) is 6.92 Å². The van der Waals surface area contributed by atoms with Gasteiger partial charge in [0.1, 0.15) is 0 Å². The van der Waals surface area contributed by atoms with Crippen LogP contribution < -0.4 is 5.32 Å². The summed E-state index contributed by atoms with van der Waals surface area (Å²) in [5.41, 5.74) is 3.15. The van der Waals surface area contributed by atoms with Crippen LogP contribution in [-0.4, -0.2) is 11.8 Å². The molecule has 106 valence electrons. The minimum absolute atomic E-state index is 0.102. The normalized spacial score (nSPS) is 22.0. The van der Waals surface area contributed by atoms with Gasteiger partial charge in [-0.15, -0.1) is 0 Å². The lowest BCUT2D eigenvalue weighted by molar-refractivity contribution is -0.135. The van der Waals surface area contributed by atoms with Crippen molar-refractivity contribution in [3.8, 4) is 0 Å². The summed E-state index contributed by atoms with van der Waals surface area (Å²) in [6.07, 6.45) is 0.343. The third-order valence-corrected chi connectivity index (χ3v) is 4.10. The van der Waals surface area contributed by atoms with Crippen LogP contribution in [-0.2, 0) is 9.59 Å². The molecule has 3 rings (SSSR count). The number of hydrogen-bond donors (Lipinski definition) is 1. The Morgan fingerprint density at radius 2 is 1.62 bits per heavy atom. The van der Waals surface area contributed by atoms with Gasteiger partial charge in [0.2, 0.25) is 11.8 Å². The second kappa shape index (κ2) is 5.52. The highest BCUT2D eigenvalue weighted by molar-refractivity contribution is 6.02. The summed E-state index contributed by atoms with van der Waals surface area (Å²) in [6.45, 7) is 2.02. The van der Waals surface area contributed by atoms with Crippen LogP contribution in [0.1, 0.15) is 34.9 Å². The first kappa shape index (κ1) is 13.6. The number of benzene rings is 2. The minimum atomic E-state index is -0.315. The smallest absolute Gasteiger partial charge is 0.234 e. The number of hydrogen-bond acceptors (Lipinski definition) is 2. The summed E-state index contributed by atoms with van der Waals surface area (Å²) < 4.78 is 0. The number of aryl methyl sites for hydroxylation is 1. The van der Waals surface area contributed by atoms with E-state index in [1.807, 2.05) is 61.5 Å². The van der Waals surface area contributed by atoms with E-state index in [1.54, 1.807) is 0 Å². The largest absolute Gasteiger partial charge is 0.296 e. The molecule has 2 amide bonds. The Morgan fingerprint density at radius 3 is 2.33 bits per heavy atom. The Morgan fingerprint density at radius 1 is 0.952 bits per heavy atom. The lowest BCUT2D eigenvalue weighted by atomic mass is 9.75. The van der Waals surface area contributed by atoms with Crippen LogP contribution in [0.25, 0.3) is 0 Å². The van der Waals surface area contributed by atoms with Gasteiger partial charge in [-0.05, 0) is 23.6 Å². The number of rotatable bonds is 2. The van der Waals surface area contributed by atoms with Gasteiger partial charge in [0, 0.05) is 12.3 Å². The maximum Gasteiger partial charge on any atom is 0.234 e. The van der Waals surface area contributed by atoms with Crippen LogP contribution in [0.4, 0.5) is 0 Å². The Kier molecular flexibility index (Phi) is 3.57. The monoisotopic (exact) mass is 279 g/mol. The van der Waals surface area contributed by atoms with Crippen molar-refractivity contribution in [2.24, 2.45) is 0 Å². The van der Waals surface area contributed by atoms with Crippen molar-refractivity contribution in [1.82, 2.24) is 5.32 Å². The van der Waals surface area contributed by atoms with Crippen LogP contribution >= 0.6 is 0 Å². The molecule has 0 radical (unpaired) electrons. The third kappa shape index (κ3) is 2.59. The quantitative estimate of drug-likeness (QED) is 0.859. The molecule has 2 unspecified atom stereocenters. The maximum atomic E-state index is 12.4. The van der Waals surface area contributed by atoms with E-state index in [9.17, 15) is 9.59 Å². The predicted molar refractivity (Wildman–Crippen MR) is 80.9 cm³/mol. The molecule has 1 aliphatic heterocycles. The molecule has 3 heteroatoms. The molecule has 21 heavy (non-hydrogen) atoms. The average Bonchev–Trinajstić information content (AvgIpc) is 2.48. The van der Waals surface area contributed by atoms with E-state index < -0.39 is 0 Å². The van der Waals surface area contributed by atoms with E-state index in [4.69, 9.17) is 0 Å². The van der Waals surface area contributed by atoms with Gasteiger partial charge in [-0.2, -0.15) is 0 Å². The van der Waals surface area contributed by atoms with Gasteiger partial charge in [-0.3, -0.25) is 14.9 Å². The lowest BCUT2D eigenvalue weighted by Gasteiger charge is -2.31. The molecule has 0 spiro atoms. The molecule has 2 atom stereocenters. The van der Waals surface area contributed by atoms with E-state index in [0.717, 1.165) is 16.7 Å². The number of nitrogens with one attached hydrogen (secondary N) is 1. The first-order valence-corrected chi connectivity index (χ1v) is 7.11. The zero-order valence-electron chi connectivity index (χ0n) is 11.9. The summed E-state index contributed by atoms with van der Waals surface area (Å²) in [6, 6.07) is 17.6. The van der Waals surface area contributed by atoms with Crippen LogP contribution in [0.15, 0.2) is 54.6 Å². The van der Waals surface area contributed by atoms with Crippen molar-refractivity contribution in [3.05, 3.63) is 71.3 Å². The Bertz CT molecular complexity index is 679. The molecule has 1 fully saturated rings. The van der Waals surface area contributed by atoms with E-state index in [-0.39, 0.29) is 23.7 Å². The van der Waals surface area contributed by atoms with Gasteiger partial charge in [0.25, 0.3) is 0 Å². The van der Waals surface area contributed by atoms with Crippen molar-refractivity contribution in [1.29, 1.82) is 0 Å². The van der Waals surface area contributed by atoms with Crippen LogP contribution in [0.3, 0.4) is 0 Å². The second-order valence-corrected chi connectivity index (χ2v) is 5.47. The fourth-order valence-electron chi connectivity index (χ4n) is 3.10. The van der Waals surface area contributed by atoms with Crippen molar-refractivity contribution >= 4 is 11.8 Å². The highest BCUT2D eigenvalue weighted by Gasteiger charge is 2.38. The summed E-state index contributed by atoms with van der Waals surface area (Å²) in [5, 5.41) is 2.47. The zero-order chi connectivity index (χ0) is 14.8. The molecule has 1 N–H and O–H groups in total. The number of carbonyl (C=O) groups excluding carboxylic acids is 2. The van der Waals surface area contributed by atoms with Crippen LogP contribution in [0.5, 0.6) is 0 Å². The maximum absolute atomic E-state index is 12.4. The van der Waals surface area contributed by atoms with E-state index >= 15 is 0 Å². The van der Waals surface area contributed by atoms with E-state index in [1.165, 1.54) is 0 Å². The van der Waals surface area contributed by atoms with Crippen LogP contribution in [0.2, 0.25) is 0 Å². The number of imide groups is 1. The van der Waals surface area contributed by atoms with Gasteiger partial charge in [0.15, 0.2) is 0 Å². The van der Waals surface area contributed by atoms with Gasteiger partial charge >= 0.3 is 0 Å². The Labute approximate surface area is 124 Å². The van der Waals surface area contributed by atoms with E-state index in [2.05, 4.69) is 5.32 Å². The van der Waals surface area contributed by atoms with Crippen molar-refractivity contribution in [3.63, 3.8) is 0 Å². The van der Waals surface area contributed by atoms with Crippen molar-refractivity contribution < 1.29 is 9.59 Å². The number of piperidine rings is 1. The molecule has 1 heterocycles. The molecule has 0 saturated carbocycles. The van der Waals surface area contributed by atoms with Gasteiger partial charge in [-0.25, -0.2) is 0 Å². The third-order valence-electron chi connectivity index (χ3n) is 4.10. The molecule has 0 bridgehead atoms. The topological polar surface area (TPSA) is 46.2 Å². The second-order valence-electron chi connectivity index (χ2n) is 5.47. The molecular formula is C18H17NO2.